The standard InChI is InChI=1S/C6H7N3OS/c1-4-5(3-10)8-9-6(7-4)11-2/h3H,1-2H3. The summed E-state index contributed by atoms with van der Waals surface area (Å²) in [7, 11) is 0. The number of carbonyl (C=O) groups is 1. The summed E-state index contributed by atoms with van der Waals surface area (Å²) in [4.78, 5) is 14.3. The molecule has 0 atom stereocenters. The van der Waals surface area contributed by atoms with Gasteiger partial charge in [0, 0.05) is 0 Å². The topological polar surface area (TPSA) is 55.7 Å². The van der Waals surface area contributed by atoms with Crippen LogP contribution in [0.5, 0.6) is 0 Å². The van der Waals surface area contributed by atoms with Crippen molar-refractivity contribution in [2.45, 2.75) is 12.1 Å². The highest BCUT2D eigenvalue weighted by Crippen LogP contribution is 2.07. The van der Waals surface area contributed by atoms with E-state index in [9.17, 15) is 4.79 Å². The summed E-state index contributed by atoms with van der Waals surface area (Å²) in [5.41, 5.74) is 0.933. The van der Waals surface area contributed by atoms with Crippen LogP contribution in [0.3, 0.4) is 0 Å². The molecule has 4 nitrogen and oxygen atoms in total. The van der Waals surface area contributed by atoms with Crippen molar-refractivity contribution in [2.24, 2.45) is 0 Å². The molecule has 0 N–H and O–H groups in total. The van der Waals surface area contributed by atoms with E-state index in [1.807, 2.05) is 6.26 Å². The molecule has 0 aliphatic heterocycles. The molecular weight excluding hydrogens is 162 g/mol. The van der Waals surface area contributed by atoms with E-state index < -0.39 is 0 Å². The van der Waals surface area contributed by atoms with Crippen LogP contribution in [-0.2, 0) is 0 Å². The number of aryl methyl sites for hydroxylation is 1. The molecule has 11 heavy (non-hydrogen) atoms. The fourth-order valence-corrected chi connectivity index (χ4v) is 0.938. The van der Waals surface area contributed by atoms with Crippen LogP contribution in [0.15, 0.2) is 5.16 Å². The molecule has 1 heterocycles. The van der Waals surface area contributed by atoms with E-state index >= 15 is 0 Å². The second-order valence-electron chi connectivity index (χ2n) is 1.89. The number of aromatic nitrogens is 3. The Labute approximate surface area is 68.4 Å². The van der Waals surface area contributed by atoms with Crippen molar-refractivity contribution < 1.29 is 4.79 Å². The summed E-state index contributed by atoms with van der Waals surface area (Å²) in [6.45, 7) is 1.73. The summed E-state index contributed by atoms with van der Waals surface area (Å²) in [6.07, 6.45) is 2.51. The fraction of sp³-hybridized carbons (Fsp3) is 0.333. The minimum absolute atomic E-state index is 0.308. The maximum Gasteiger partial charge on any atom is 0.209 e. The summed E-state index contributed by atoms with van der Waals surface area (Å²) < 4.78 is 0. The highest BCUT2D eigenvalue weighted by molar-refractivity contribution is 7.98. The normalized spacial score (nSPS) is 9.64. The van der Waals surface area contributed by atoms with E-state index in [1.54, 1.807) is 6.92 Å². The molecule has 1 rings (SSSR count). The van der Waals surface area contributed by atoms with Gasteiger partial charge in [-0.15, -0.1) is 10.2 Å². The lowest BCUT2D eigenvalue weighted by Gasteiger charge is -1.96. The van der Waals surface area contributed by atoms with Gasteiger partial charge in [0.05, 0.1) is 5.69 Å². The lowest BCUT2D eigenvalue weighted by atomic mass is 10.4. The van der Waals surface area contributed by atoms with Crippen LogP contribution in [-0.4, -0.2) is 27.7 Å². The number of thioether (sulfide) groups is 1. The molecule has 0 bridgehead atoms. The Balaban J connectivity index is 3.09. The van der Waals surface area contributed by atoms with Crippen LogP contribution in [0.4, 0.5) is 0 Å². The van der Waals surface area contributed by atoms with Gasteiger partial charge in [0.15, 0.2) is 6.29 Å². The third-order valence-corrected chi connectivity index (χ3v) is 1.71. The first-order valence-corrected chi connectivity index (χ1v) is 4.21. The quantitative estimate of drug-likeness (QED) is 0.482. The van der Waals surface area contributed by atoms with Crippen molar-refractivity contribution in [2.75, 3.05) is 6.26 Å². The largest absolute Gasteiger partial charge is 0.296 e. The lowest BCUT2D eigenvalue weighted by molar-refractivity contribution is 0.111. The van der Waals surface area contributed by atoms with Crippen LogP contribution >= 0.6 is 11.8 Å². The van der Waals surface area contributed by atoms with Crippen LogP contribution in [0.2, 0.25) is 0 Å². The third kappa shape index (κ3) is 1.74. The van der Waals surface area contributed by atoms with Crippen LogP contribution in [0.1, 0.15) is 16.2 Å². The van der Waals surface area contributed by atoms with Gasteiger partial charge in [-0.3, -0.25) is 4.79 Å². The Kier molecular flexibility index (Phi) is 2.53. The minimum Gasteiger partial charge on any atom is -0.296 e. The molecule has 0 saturated carbocycles. The van der Waals surface area contributed by atoms with Gasteiger partial charge in [-0.2, -0.15) is 0 Å². The molecule has 0 saturated heterocycles. The van der Waals surface area contributed by atoms with Crippen molar-refractivity contribution in [1.29, 1.82) is 0 Å². The van der Waals surface area contributed by atoms with E-state index in [0.717, 1.165) is 0 Å². The summed E-state index contributed by atoms with van der Waals surface area (Å²) in [5, 5.41) is 7.96. The van der Waals surface area contributed by atoms with Gasteiger partial charge < -0.3 is 0 Å². The third-order valence-electron chi connectivity index (χ3n) is 1.17. The smallest absolute Gasteiger partial charge is 0.209 e. The van der Waals surface area contributed by atoms with Gasteiger partial charge in [-0.05, 0) is 13.2 Å². The van der Waals surface area contributed by atoms with E-state index in [-0.39, 0.29) is 0 Å². The van der Waals surface area contributed by atoms with E-state index in [0.29, 0.717) is 22.8 Å². The Morgan fingerprint density at radius 1 is 1.45 bits per heavy atom. The molecule has 0 fully saturated rings. The van der Waals surface area contributed by atoms with Gasteiger partial charge in [0.25, 0.3) is 0 Å². The molecule has 0 aromatic carbocycles. The second kappa shape index (κ2) is 3.43. The van der Waals surface area contributed by atoms with Gasteiger partial charge >= 0.3 is 0 Å². The molecule has 0 unspecified atom stereocenters. The Morgan fingerprint density at radius 2 is 2.18 bits per heavy atom. The van der Waals surface area contributed by atoms with Crippen LogP contribution in [0.25, 0.3) is 0 Å². The predicted molar refractivity (Wildman–Crippen MR) is 41.7 cm³/mol. The maximum atomic E-state index is 10.3. The van der Waals surface area contributed by atoms with Gasteiger partial charge in [-0.25, -0.2) is 4.98 Å². The van der Waals surface area contributed by atoms with Gasteiger partial charge in [0.1, 0.15) is 5.69 Å². The SMILES string of the molecule is CSc1nnc(C=O)c(C)n1. The Hall–Kier alpha value is -0.970. The number of carbonyl (C=O) groups excluding carboxylic acids is 1. The molecular formula is C6H7N3OS. The first-order valence-electron chi connectivity index (χ1n) is 2.98. The predicted octanol–water partition coefficient (Wildman–Crippen LogP) is 0.714. The number of nitrogens with zero attached hydrogens (tertiary/aromatic N) is 3. The average Bonchev–Trinajstić information content (AvgIpc) is 2.04. The molecule has 0 amide bonds. The van der Waals surface area contributed by atoms with Crippen LogP contribution in [0, 0.1) is 6.92 Å². The zero-order valence-corrected chi connectivity index (χ0v) is 7.05. The Morgan fingerprint density at radius 3 is 2.64 bits per heavy atom. The number of aldehydes is 1. The molecule has 1 aromatic heterocycles. The van der Waals surface area contributed by atoms with Gasteiger partial charge in [-0.1, -0.05) is 11.8 Å². The summed E-state index contributed by atoms with van der Waals surface area (Å²) in [6, 6.07) is 0. The lowest BCUT2D eigenvalue weighted by Crippen LogP contribution is -2.00. The van der Waals surface area contributed by atoms with Crippen molar-refractivity contribution in [3.8, 4) is 0 Å². The molecule has 0 spiro atoms. The summed E-state index contributed by atoms with van der Waals surface area (Å²) in [5.74, 6) is 0. The molecule has 1 aromatic rings. The molecule has 0 radical (unpaired) electrons. The number of rotatable bonds is 2. The number of hydrogen-bond acceptors (Lipinski definition) is 5. The van der Waals surface area contributed by atoms with Crippen molar-refractivity contribution in [3.05, 3.63) is 11.4 Å². The maximum absolute atomic E-state index is 10.3. The highest BCUT2D eigenvalue weighted by atomic mass is 32.2. The van der Waals surface area contributed by atoms with E-state index in [4.69, 9.17) is 0 Å². The van der Waals surface area contributed by atoms with Crippen molar-refractivity contribution >= 4 is 18.0 Å². The average molecular weight is 169 g/mol. The first kappa shape index (κ1) is 8.13. The van der Waals surface area contributed by atoms with Crippen molar-refractivity contribution in [3.63, 3.8) is 0 Å². The molecule has 0 aliphatic rings. The van der Waals surface area contributed by atoms with E-state index in [2.05, 4.69) is 15.2 Å². The first-order chi connectivity index (χ1) is 5.27. The highest BCUT2D eigenvalue weighted by Gasteiger charge is 2.01. The minimum atomic E-state index is 0.308. The zero-order chi connectivity index (χ0) is 8.27. The molecule has 58 valence electrons. The summed E-state index contributed by atoms with van der Waals surface area (Å²) >= 11 is 1.40. The molecule has 0 aliphatic carbocycles. The van der Waals surface area contributed by atoms with Crippen molar-refractivity contribution in [1.82, 2.24) is 15.2 Å². The van der Waals surface area contributed by atoms with Crippen LogP contribution < -0.4 is 0 Å². The van der Waals surface area contributed by atoms with Gasteiger partial charge in [0.2, 0.25) is 5.16 Å². The van der Waals surface area contributed by atoms with E-state index in [1.165, 1.54) is 11.8 Å². The zero-order valence-electron chi connectivity index (χ0n) is 6.24. The number of hydrogen-bond donors (Lipinski definition) is 0. The fourth-order valence-electron chi connectivity index (χ4n) is 0.587. The monoisotopic (exact) mass is 169 g/mol. The Bertz CT molecular complexity index is 277. The molecule has 5 heteroatoms. The second-order valence-corrected chi connectivity index (χ2v) is 2.66.